The van der Waals surface area contributed by atoms with Gasteiger partial charge in [-0.25, -0.2) is 9.78 Å². The lowest BCUT2D eigenvalue weighted by atomic mass is 10.2. The van der Waals surface area contributed by atoms with Crippen LogP contribution in [0.5, 0.6) is 0 Å². The molecule has 0 spiro atoms. The number of ether oxygens (including phenoxy) is 1. The second kappa shape index (κ2) is 5.22. The van der Waals surface area contributed by atoms with Gasteiger partial charge in [0.15, 0.2) is 5.69 Å². The molecule has 0 aliphatic carbocycles. The Kier molecular flexibility index (Phi) is 3.82. The van der Waals surface area contributed by atoms with Crippen molar-refractivity contribution in [1.29, 1.82) is 0 Å². The summed E-state index contributed by atoms with van der Waals surface area (Å²) in [5, 5.41) is 0. The van der Waals surface area contributed by atoms with E-state index in [1.165, 1.54) is 18.4 Å². The van der Waals surface area contributed by atoms with Crippen molar-refractivity contribution in [2.45, 2.75) is 19.9 Å². The highest BCUT2D eigenvalue weighted by Crippen LogP contribution is 2.32. The van der Waals surface area contributed by atoms with Crippen molar-refractivity contribution in [3.63, 3.8) is 0 Å². The molecule has 0 radical (unpaired) electrons. The molecule has 1 unspecified atom stereocenters. The monoisotopic (exact) mass is 299 g/mol. The number of esters is 1. The van der Waals surface area contributed by atoms with E-state index in [-0.39, 0.29) is 11.7 Å². The van der Waals surface area contributed by atoms with Gasteiger partial charge in [0.25, 0.3) is 0 Å². The summed E-state index contributed by atoms with van der Waals surface area (Å²) in [6.07, 6.45) is 0. The van der Waals surface area contributed by atoms with E-state index in [1.54, 1.807) is 11.5 Å². The molecule has 2 rings (SSSR count). The van der Waals surface area contributed by atoms with Crippen molar-refractivity contribution in [3.8, 4) is 0 Å². The lowest BCUT2D eigenvalue weighted by molar-refractivity contribution is 0.0595. The number of aryl methyl sites for hydroxylation is 1. The van der Waals surface area contributed by atoms with E-state index < -0.39 is 5.97 Å². The zero-order chi connectivity index (χ0) is 14.2. The third-order valence-electron chi connectivity index (χ3n) is 2.90. The second-order valence-electron chi connectivity index (χ2n) is 4.07. The van der Waals surface area contributed by atoms with Gasteiger partial charge in [0, 0.05) is 4.88 Å². The smallest absolute Gasteiger partial charge is 0.360 e. The fourth-order valence-corrected chi connectivity index (χ4v) is 3.08. The van der Waals surface area contributed by atoms with Gasteiger partial charge in [-0.05, 0) is 26.0 Å². The minimum Gasteiger partial charge on any atom is -0.464 e. The van der Waals surface area contributed by atoms with Gasteiger partial charge < -0.3 is 15.0 Å². The summed E-state index contributed by atoms with van der Waals surface area (Å²) in [4.78, 5) is 16.8. The Morgan fingerprint density at radius 3 is 2.79 bits per heavy atom. The largest absolute Gasteiger partial charge is 0.464 e. The van der Waals surface area contributed by atoms with E-state index in [0.29, 0.717) is 16.0 Å². The van der Waals surface area contributed by atoms with E-state index in [4.69, 9.17) is 17.3 Å². The molecule has 102 valence electrons. The minimum atomic E-state index is -0.532. The third kappa shape index (κ3) is 2.46. The van der Waals surface area contributed by atoms with Crippen LogP contribution in [0.2, 0.25) is 4.34 Å². The maximum Gasteiger partial charge on any atom is 0.360 e. The second-order valence-corrected chi connectivity index (χ2v) is 5.82. The number of thiophene rings is 1. The zero-order valence-electron chi connectivity index (χ0n) is 10.8. The molecule has 0 bridgehead atoms. The van der Waals surface area contributed by atoms with Crippen LogP contribution < -0.4 is 5.73 Å². The number of anilines is 1. The van der Waals surface area contributed by atoms with Crippen LogP contribution in [-0.4, -0.2) is 22.6 Å². The predicted octanol–water partition coefficient (Wildman–Crippen LogP) is 2.88. The fourth-order valence-electron chi connectivity index (χ4n) is 1.98. The molecule has 0 aromatic carbocycles. The summed E-state index contributed by atoms with van der Waals surface area (Å²) in [6, 6.07) is 3.74. The number of hydrogen-bond donors (Lipinski definition) is 1. The molecule has 0 aliphatic rings. The molecule has 2 N–H and O–H groups in total. The Labute approximate surface area is 120 Å². The van der Waals surface area contributed by atoms with Crippen LogP contribution in [-0.2, 0) is 4.74 Å². The molecule has 7 heteroatoms. The first-order valence-corrected chi connectivity index (χ1v) is 6.83. The van der Waals surface area contributed by atoms with Gasteiger partial charge in [-0.15, -0.1) is 11.3 Å². The molecule has 0 saturated carbocycles. The summed E-state index contributed by atoms with van der Waals surface area (Å²) < 4.78 is 7.18. The lowest BCUT2D eigenvalue weighted by Gasteiger charge is -2.15. The van der Waals surface area contributed by atoms with Crippen LogP contribution >= 0.6 is 22.9 Å². The minimum absolute atomic E-state index is 0.0385. The summed E-state index contributed by atoms with van der Waals surface area (Å²) in [5.74, 6) is 0.437. The van der Waals surface area contributed by atoms with Crippen molar-refractivity contribution in [2.24, 2.45) is 0 Å². The maximum atomic E-state index is 11.6. The first-order valence-electron chi connectivity index (χ1n) is 5.63. The summed E-state index contributed by atoms with van der Waals surface area (Å²) >= 11 is 7.41. The topological polar surface area (TPSA) is 70.1 Å². The van der Waals surface area contributed by atoms with Crippen LogP contribution in [0.4, 0.5) is 5.82 Å². The molecule has 2 aromatic heterocycles. The highest BCUT2D eigenvalue weighted by atomic mass is 35.5. The number of nitrogen functional groups attached to an aromatic ring is 1. The zero-order valence-corrected chi connectivity index (χ0v) is 12.4. The van der Waals surface area contributed by atoms with Crippen molar-refractivity contribution in [3.05, 3.63) is 32.9 Å². The quantitative estimate of drug-likeness (QED) is 0.885. The highest BCUT2D eigenvalue weighted by molar-refractivity contribution is 7.16. The number of aromatic nitrogens is 2. The van der Waals surface area contributed by atoms with Gasteiger partial charge in [0.2, 0.25) is 0 Å². The van der Waals surface area contributed by atoms with Gasteiger partial charge in [-0.3, -0.25) is 0 Å². The number of methoxy groups -OCH3 is 1. The third-order valence-corrected chi connectivity index (χ3v) is 4.30. The molecule has 1 atom stereocenters. The molecule has 0 fully saturated rings. The summed E-state index contributed by atoms with van der Waals surface area (Å²) in [6.45, 7) is 3.78. The number of halogens is 1. The Balaban J connectivity index is 2.45. The first kappa shape index (κ1) is 13.9. The maximum absolute atomic E-state index is 11.6. The van der Waals surface area contributed by atoms with Crippen LogP contribution in [0.15, 0.2) is 12.1 Å². The average Bonchev–Trinajstić information content (AvgIpc) is 2.92. The van der Waals surface area contributed by atoms with E-state index in [2.05, 4.69) is 9.72 Å². The van der Waals surface area contributed by atoms with Crippen molar-refractivity contribution in [2.75, 3.05) is 12.8 Å². The number of carbonyl (C=O) groups is 1. The number of nitrogens with two attached hydrogens (primary N) is 1. The number of nitrogens with zero attached hydrogens (tertiary/aromatic N) is 2. The van der Waals surface area contributed by atoms with E-state index in [0.717, 1.165) is 4.88 Å². The number of imidazole rings is 1. The molecule has 19 heavy (non-hydrogen) atoms. The Bertz CT molecular complexity index is 621. The first-order chi connectivity index (χ1) is 8.95. The lowest BCUT2D eigenvalue weighted by Crippen LogP contribution is -2.12. The predicted molar refractivity (Wildman–Crippen MR) is 75.9 cm³/mol. The van der Waals surface area contributed by atoms with Gasteiger partial charge in [0.05, 0.1) is 17.5 Å². The van der Waals surface area contributed by atoms with Crippen LogP contribution in [0.1, 0.15) is 34.2 Å². The summed E-state index contributed by atoms with van der Waals surface area (Å²) in [7, 11) is 1.30. The van der Waals surface area contributed by atoms with Gasteiger partial charge in [-0.2, -0.15) is 0 Å². The summed E-state index contributed by atoms with van der Waals surface area (Å²) in [5.41, 5.74) is 6.14. The van der Waals surface area contributed by atoms with Crippen molar-refractivity contribution < 1.29 is 9.53 Å². The van der Waals surface area contributed by atoms with Gasteiger partial charge >= 0.3 is 5.97 Å². The van der Waals surface area contributed by atoms with Gasteiger partial charge in [0.1, 0.15) is 11.6 Å². The standard InChI is InChI=1S/C12H14ClN3O2S/c1-6(8-4-5-9(13)19-8)16-7(2)15-10(11(16)14)12(17)18-3/h4-6H,14H2,1-3H3. The van der Waals surface area contributed by atoms with E-state index >= 15 is 0 Å². The molecular formula is C12H14ClN3O2S. The molecule has 2 aromatic rings. The van der Waals surface area contributed by atoms with Crippen LogP contribution in [0.3, 0.4) is 0 Å². The van der Waals surface area contributed by atoms with E-state index in [9.17, 15) is 4.79 Å². The number of hydrogen-bond acceptors (Lipinski definition) is 5. The SMILES string of the molecule is COC(=O)c1nc(C)n(C(C)c2ccc(Cl)s2)c1N. The normalized spacial score (nSPS) is 12.4. The molecule has 5 nitrogen and oxygen atoms in total. The van der Waals surface area contributed by atoms with Crippen molar-refractivity contribution in [1.82, 2.24) is 9.55 Å². The van der Waals surface area contributed by atoms with Crippen molar-refractivity contribution >= 4 is 34.7 Å². The number of rotatable bonds is 3. The molecule has 0 amide bonds. The Morgan fingerprint density at radius 2 is 2.26 bits per heavy atom. The molecular weight excluding hydrogens is 286 g/mol. The van der Waals surface area contributed by atoms with E-state index in [1.807, 2.05) is 19.1 Å². The molecule has 0 saturated heterocycles. The Hall–Kier alpha value is -1.53. The molecule has 2 heterocycles. The fraction of sp³-hybridized carbons (Fsp3) is 0.333. The Morgan fingerprint density at radius 1 is 1.58 bits per heavy atom. The number of carbonyl (C=O) groups excluding carboxylic acids is 1. The molecule has 0 aliphatic heterocycles. The van der Waals surface area contributed by atoms with Crippen LogP contribution in [0.25, 0.3) is 0 Å². The highest BCUT2D eigenvalue weighted by Gasteiger charge is 2.23. The van der Waals surface area contributed by atoms with Gasteiger partial charge in [-0.1, -0.05) is 11.6 Å². The van der Waals surface area contributed by atoms with Crippen LogP contribution in [0, 0.1) is 6.92 Å². The average molecular weight is 300 g/mol.